The van der Waals surface area contributed by atoms with E-state index in [1.807, 2.05) is 6.92 Å². The lowest BCUT2D eigenvalue weighted by Gasteiger charge is -2.57. The predicted octanol–water partition coefficient (Wildman–Crippen LogP) is 2.33. The Bertz CT molecular complexity index is 1120. The largest absolute Gasteiger partial charge is 0.391 e. The zero-order valence-corrected chi connectivity index (χ0v) is 19.6. The third-order valence-corrected chi connectivity index (χ3v) is 9.70. The Morgan fingerprint density at radius 3 is 2.67 bits per heavy atom. The Morgan fingerprint density at radius 2 is 1.85 bits per heavy atom. The molecule has 5 aliphatic rings. The van der Waals surface area contributed by atoms with Crippen LogP contribution >= 0.6 is 0 Å². The lowest BCUT2D eigenvalue weighted by atomic mass is 9.63. The summed E-state index contributed by atoms with van der Waals surface area (Å²) in [4.78, 5) is 2.59. The van der Waals surface area contributed by atoms with E-state index < -0.39 is 23.8 Å². The first-order chi connectivity index (χ1) is 15.8. The highest BCUT2D eigenvalue weighted by atomic mass is 16.8. The second kappa shape index (κ2) is 6.80. The minimum atomic E-state index is -1.07. The quantitative estimate of drug-likeness (QED) is 0.637. The summed E-state index contributed by atoms with van der Waals surface area (Å²) < 4.78 is 21.3. The molecular formula is C26H34N2O5. The molecule has 0 unspecified atom stereocenters. The van der Waals surface area contributed by atoms with Gasteiger partial charge in [-0.3, -0.25) is 4.90 Å². The van der Waals surface area contributed by atoms with E-state index in [1.165, 1.54) is 22.2 Å². The third kappa shape index (κ3) is 2.66. The van der Waals surface area contributed by atoms with Crippen molar-refractivity contribution in [3.05, 3.63) is 35.5 Å². The number of hydrogen-bond donors (Lipinski definition) is 2. The van der Waals surface area contributed by atoms with Crippen LogP contribution in [0.5, 0.6) is 0 Å². The van der Waals surface area contributed by atoms with E-state index in [-0.39, 0.29) is 18.9 Å². The molecule has 7 nitrogen and oxygen atoms in total. The molecular weight excluding hydrogens is 420 g/mol. The number of para-hydroxylation sites is 1. The smallest absolute Gasteiger partial charge is 0.198 e. The fourth-order valence-corrected chi connectivity index (χ4v) is 8.08. The summed E-state index contributed by atoms with van der Waals surface area (Å²) in [6.07, 6.45) is 1.49. The van der Waals surface area contributed by atoms with E-state index in [1.54, 1.807) is 0 Å². The molecule has 9 atom stereocenters. The van der Waals surface area contributed by atoms with Crippen molar-refractivity contribution in [1.29, 1.82) is 0 Å². The minimum Gasteiger partial charge on any atom is -0.391 e. The summed E-state index contributed by atoms with van der Waals surface area (Å²) in [5.74, 6) is -0.839. The van der Waals surface area contributed by atoms with Gasteiger partial charge >= 0.3 is 0 Å². The summed E-state index contributed by atoms with van der Waals surface area (Å²) in [6.45, 7) is 2.88. The van der Waals surface area contributed by atoms with Gasteiger partial charge in [0.05, 0.1) is 25.4 Å². The van der Waals surface area contributed by atoms with E-state index in [2.05, 4.69) is 47.8 Å². The summed E-state index contributed by atoms with van der Waals surface area (Å²) >= 11 is 0. The first kappa shape index (κ1) is 20.9. The molecule has 2 N–H and O–H groups in total. The van der Waals surface area contributed by atoms with Gasteiger partial charge in [0.15, 0.2) is 11.6 Å². The number of aliphatic hydroxyl groups is 2. The molecule has 0 radical (unpaired) electrons. The standard InChI is InChI=1S/C26H34N2O5/c1-25-19(11-26(33-25)23(30)8-14(29)12-32-26)16-9-22-24-17(10-21(27(22)2)18(16)13-31-25)15-6-4-5-7-20(15)28(24)3/h4-7,14,16,18-19,21-23,29-30H,8-13H2,1-3H3/t14-,16-,18-,19+,21+,22+,23+,25+,26-/m1/s1. The van der Waals surface area contributed by atoms with Crippen molar-refractivity contribution in [2.75, 3.05) is 20.3 Å². The summed E-state index contributed by atoms with van der Waals surface area (Å²) in [7, 11) is 4.49. The summed E-state index contributed by atoms with van der Waals surface area (Å²) in [5, 5.41) is 22.2. The van der Waals surface area contributed by atoms with E-state index in [0.29, 0.717) is 36.9 Å². The van der Waals surface area contributed by atoms with Crippen LogP contribution in [0, 0.1) is 17.8 Å². The number of piperidine rings is 1. The normalized spacial score (nSPS) is 46.9. The molecule has 178 valence electrons. The number of fused-ring (bicyclic) bond motifs is 10. The molecule has 33 heavy (non-hydrogen) atoms. The molecule has 0 amide bonds. The van der Waals surface area contributed by atoms with Gasteiger partial charge in [-0.25, -0.2) is 0 Å². The second-order valence-electron chi connectivity index (χ2n) is 11.2. The van der Waals surface area contributed by atoms with Gasteiger partial charge in [0, 0.05) is 54.4 Å². The van der Waals surface area contributed by atoms with Gasteiger partial charge in [-0.2, -0.15) is 0 Å². The first-order valence-corrected chi connectivity index (χ1v) is 12.4. The Morgan fingerprint density at radius 1 is 1.03 bits per heavy atom. The Hall–Kier alpha value is -1.48. The molecule has 6 heterocycles. The van der Waals surface area contributed by atoms with Crippen LogP contribution in [0.15, 0.2) is 24.3 Å². The fraction of sp³-hybridized carbons (Fsp3) is 0.692. The van der Waals surface area contributed by atoms with Crippen LogP contribution in [0.2, 0.25) is 0 Å². The molecule has 2 bridgehead atoms. The van der Waals surface area contributed by atoms with Gasteiger partial charge in [0.25, 0.3) is 0 Å². The van der Waals surface area contributed by atoms with E-state index in [0.717, 1.165) is 12.8 Å². The van der Waals surface area contributed by atoms with Crippen molar-refractivity contribution < 1.29 is 24.4 Å². The summed E-state index contributed by atoms with van der Waals surface area (Å²) in [6, 6.07) is 9.56. The lowest BCUT2D eigenvalue weighted by molar-refractivity contribution is -0.372. The molecule has 1 aromatic carbocycles. The van der Waals surface area contributed by atoms with Crippen molar-refractivity contribution in [1.82, 2.24) is 9.47 Å². The molecule has 4 saturated heterocycles. The predicted molar refractivity (Wildman–Crippen MR) is 121 cm³/mol. The maximum absolute atomic E-state index is 10.9. The molecule has 0 aliphatic carbocycles. The molecule has 2 aromatic rings. The van der Waals surface area contributed by atoms with Crippen molar-refractivity contribution in [3.8, 4) is 0 Å². The van der Waals surface area contributed by atoms with Crippen LogP contribution in [-0.4, -0.2) is 69.8 Å². The van der Waals surface area contributed by atoms with Gasteiger partial charge in [0.2, 0.25) is 0 Å². The van der Waals surface area contributed by atoms with Gasteiger partial charge in [-0.05, 0) is 44.4 Å². The highest BCUT2D eigenvalue weighted by Gasteiger charge is 2.66. The van der Waals surface area contributed by atoms with Gasteiger partial charge in [-0.1, -0.05) is 18.2 Å². The first-order valence-electron chi connectivity index (χ1n) is 12.4. The van der Waals surface area contributed by atoms with Gasteiger partial charge < -0.3 is 29.0 Å². The molecule has 0 saturated carbocycles. The van der Waals surface area contributed by atoms with Crippen LogP contribution in [0.3, 0.4) is 0 Å². The number of benzene rings is 1. The SMILES string of the molecule is CN1[C@H]2C[C@@H]3[C@@H](CO[C@@]4(C)O[C@@]5(C[C@@H]34)OC[C@H](O)C[C@@H]5O)[C@@H]1Cc1c2n(C)c2ccccc12. The molecule has 1 aromatic heterocycles. The van der Waals surface area contributed by atoms with Crippen molar-refractivity contribution in [2.24, 2.45) is 24.8 Å². The molecule has 7 rings (SSSR count). The Labute approximate surface area is 194 Å². The highest BCUT2D eigenvalue weighted by Crippen LogP contribution is 2.60. The zero-order chi connectivity index (χ0) is 22.7. The number of aliphatic hydroxyl groups excluding tert-OH is 2. The van der Waals surface area contributed by atoms with Crippen LogP contribution in [0.1, 0.15) is 43.5 Å². The van der Waals surface area contributed by atoms with Crippen LogP contribution in [-0.2, 0) is 27.7 Å². The van der Waals surface area contributed by atoms with Crippen LogP contribution < -0.4 is 0 Å². The Kier molecular flexibility index (Phi) is 4.30. The topological polar surface area (TPSA) is 76.3 Å². The van der Waals surface area contributed by atoms with E-state index in [4.69, 9.17) is 14.2 Å². The monoisotopic (exact) mass is 454 g/mol. The number of ether oxygens (including phenoxy) is 3. The molecule has 5 aliphatic heterocycles. The number of aryl methyl sites for hydroxylation is 1. The fourth-order valence-electron chi connectivity index (χ4n) is 8.08. The number of rotatable bonds is 0. The van der Waals surface area contributed by atoms with Crippen LogP contribution in [0.25, 0.3) is 10.9 Å². The van der Waals surface area contributed by atoms with Crippen molar-refractivity contribution in [2.45, 2.75) is 68.5 Å². The number of nitrogens with zero attached hydrogens (tertiary/aromatic N) is 2. The molecule has 1 spiro atoms. The summed E-state index contributed by atoms with van der Waals surface area (Å²) in [5.41, 5.74) is 4.27. The third-order valence-electron chi connectivity index (χ3n) is 9.70. The maximum Gasteiger partial charge on any atom is 0.198 e. The van der Waals surface area contributed by atoms with Crippen molar-refractivity contribution in [3.63, 3.8) is 0 Å². The second-order valence-corrected chi connectivity index (χ2v) is 11.2. The minimum absolute atomic E-state index is 0.149. The average molecular weight is 455 g/mol. The number of likely N-dealkylation sites (N-methyl/N-ethyl adjacent to an activating group) is 1. The molecule has 4 fully saturated rings. The van der Waals surface area contributed by atoms with E-state index in [9.17, 15) is 10.2 Å². The van der Waals surface area contributed by atoms with E-state index >= 15 is 0 Å². The lowest BCUT2D eigenvalue weighted by Crippen LogP contribution is -2.60. The highest BCUT2D eigenvalue weighted by molar-refractivity contribution is 5.86. The number of aromatic nitrogens is 1. The average Bonchev–Trinajstić information content (AvgIpc) is 3.25. The zero-order valence-electron chi connectivity index (χ0n) is 19.6. The Balaban J connectivity index is 1.28. The maximum atomic E-state index is 10.9. The number of hydrogen-bond acceptors (Lipinski definition) is 6. The van der Waals surface area contributed by atoms with Crippen LogP contribution in [0.4, 0.5) is 0 Å². The molecule has 7 heteroatoms. The van der Waals surface area contributed by atoms with Crippen molar-refractivity contribution >= 4 is 10.9 Å². The van der Waals surface area contributed by atoms with Gasteiger partial charge in [-0.15, -0.1) is 0 Å². The van der Waals surface area contributed by atoms with Gasteiger partial charge in [0.1, 0.15) is 6.10 Å².